The van der Waals surface area contributed by atoms with Crippen LogP contribution in [0.1, 0.15) is 19.4 Å². The number of esters is 1. The van der Waals surface area contributed by atoms with Gasteiger partial charge in [0.05, 0.1) is 13.2 Å². The van der Waals surface area contributed by atoms with E-state index in [2.05, 4.69) is 0 Å². The largest absolute Gasteiger partial charge is 0.487 e. The zero-order valence-electron chi connectivity index (χ0n) is 9.60. The summed E-state index contributed by atoms with van der Waals surface area (Å²) in [6.45, 7) is 4.39. The van der Waals surface area contributed by atoms with Crippen molar-refractivity contribution in [3.63, 3.8) is 0 Å². The van der Waals surface area contributed by atoms with Crippen LogP contribution >= 0.6 is 0 Å². The van der Waals surface area contributed by atoms with Crippen LogP contribution in [0.3, 0.4) is 0 Å². The van der Waals surface area contributed by atoms with Gasteiger partial charge in [0.2, 0.25) is 5.76 Å². The van der Waals surface area contributed by atoms with E-state index in [0.717, 1.165) is 5.56 Å². The molecule has 0 heterocycles. The number of hydrogen-bond acceptors (Lipinski definition) is 3. The first-order chi connectivity index (χ1) is 7.77. The summed E-state index contributed by atoms with van der Waals surface area (Å²) in [5.41, 5.74) is 0.916. The molecule has 3 heteroatoms. The molecule has 0 amide bonds. The summed E-state index contributed by atoms with van der Waals surface area (Å²) in [6.07, 6.45) is 1.68. The number of benzene rings is 1. The van der Waals surface area contributed by atoms with Crippen LogP contribution in [0, 0.1) is 0 Å². The van der Waals surface area contributed by atoms with Gasteiger partial charge >= 0.3 is 5.97 Å². The predicted molar refractivity (Wildman–Crippen MR) is 62.7 cm³/mol. The van der Waals surface area contributed by atoms with Crippen LogP contribution in [0.5, 0.6) is 0 Å². The average molecular weight is 220 g/mol. The highest BCUT2D eigenvalue weighted by atomic mass is 16.6. The summed E-state index contributed by atoms with van der Waals surface area (Å²) in [5.74, 6) is -0.177. The molecule has 0 aliphatic rings. The van der Waals surface area contributed by atoms with Crippen LogP contribution in [-0.4, -0.2) is 19.2 Å². The first kappa shape index (κ1) is 12.3. The summed E-state index contributed by atoms with van der Waals surface area (Å²) in [5, 5.41) is 0. The normalized spacial score (nSPS) is 11.0. The third kappa shape index (κ3) is 3.77. The van der Waals surface area contributed by atoms with E-state index in [1.54, 1.807) is 13.0 Å². The fourth-order valence-corrected chi connectivity index (χ4v) is 1.22. The number of ether oxygens (including phenoxy) is 2. The molecular formula is C13H16O3. The SMILES string of the molecule is CCOC(=O)/C(=C/c1ccccc1)OCC. The van der Waals surface area contributed by atoms with E-state index in [0.29, 0.717) is 13.2 Å². The van der Waals surface area contributed by atoms with Crippen LogP contribution in [0.2, 0.25) is 0 Å². The van der Waals surface area contributed by atoms with E-state index in [-0.39, 0.29) is 5.76 Å². The van der Waals surface area contributed by atoms with Crippen molar-refractivity contribution in [1.29, 1.82) is 0 Å². The second-order valence-electron chi connectivity index (χ2n) is 3.07. The maximum atomic E-state index is 11.5. The molecule has 1 aromatic carbocycles. The quantitative estimate of drug-likeness (QED) is 0.434. The molecule has 0 fully saturated rings. The second-order valence-corrected chi connectivity index (χ2v) is 3.07. The Morgan fingerprint density at radius 3 is 2.31 bits per heavy atom. The summed E-state index contributed by atoms with van der Waals surface area (Å²) >= 11 is 0. The van der Waals surface area contributed by atoms with Crippen LogP contribution in [0.25, 0.3) is 6.08 Å². The number of rotatable bonds is 5. The minimum Gasteiger partial charge on any atom is -0.487 e. The molecule has 0 atom stereocenters. The molecule has 3 nitrogen and oxygen atoms in total. The molecule has 0 saturated heterocycles. The first-order valence-corrected chi connectivity index (χ1v) is 5.34. The third-order valence-corrected chi connectivity index (χ3v) is 1.87. The fourth-order valence-electron chi connectivity index (χ4n) is 1.22. The Hall–Kier alpha value is -1.77. The lowest BCUT2D eigenvalue weighted by Gasteiger charge is -2.07. The van der Waals surface area contributed by atoms with Crippen molar-refractivity contribution in [2.45, 2.75) is 13.8 Å². The van der Waals surface area contributed by atoms with Crippen molar-refractivity contribution in [2.75, 3.05) is 13.2 Å². The molecule has 0 unspecified atom stereocenters. The van der Waals surface area contributed by atoms with Crippen molar-refractivity contribution in [2.24, 2.45) is 0 Å². The van der Waals surface area contributed by atoms with E-state index in [1.807, 2.05) is 37.3 Å². The van der Waals surface area contributed by atoms with E-state index < -0.39 is 5.97 Å². The van der Waals surface area contributed by atoms with Crippen molar-refractivity contribution < 1.29 is 14.3 Å². The average Bonchev–Trinajstić information content (AvgIpc) is 2.30. The zero-order valence-corrected chi connectivity index (χ0v) is 9.60. The van der Waals surface area contributed by atoms with Crippen LogP contribution in [0.15, 0.2) is 36.1 Å². The fraction of sp³-hybridized carbons (Fsp3) is 0.308. The van der Waals surface area contributed by atoms with Gasteiger partial charge in [-0.1, -0.05) is 30.3 Å². The highest BCUT2D eigenvalue weighted by molar-refractivity contribution is 5.91. The molecule has 0 aliphatic heterocycles. The van der Waals surface area contributed by atoms with Crippen LogP contribution in [-0.2, 0) is 14.3 Å². The summed E-state index contributed by atoms with van der Waals surface area (Å²) in [7, 11) is 0. The summed E-state index contributed by atoms with van der Waals surface area (Å²) < 4.78 is 10.1. The van der Waals surface area contributed by atoms with Gasteiger partial charge < -0.3 is 9.47 Å². The topological polar surface area (TPSA) is 35.5 Å². The maximum absolute atomic E-state index is 11.5. The van der Waals surface area contributed by atoms with E-state index in [9.17, 15) is 4.79 Å². The molecule has 0 bridgehead atoms. The van der Waals surface area contributed by atoms with Crippen molar-refractivity contribution in [1.82, 2.24) is 0 Å². The van der Waals surface area contributed by atoms with E-state index in [1.165, 1.54) is 0 Å². The number of hydrogen-bond donors (Lipinski definition) is 0. The highest BCUT2D eigenvalue weighted by Crippen LogP contribution is 2.09. The Kier molecular flexibility index (Phi) is 5.12. The van der Waals surface area contributed by atoms with Crippen molar-refractivity contribution in [3.8, 4) is 0 Å². The van der Waals surface area contributed by atoms with Gasteiger partial charge in [0.25, 0.3) is 0 Å². The lowest BCUT2D eigenvalue weighted by molar-refractivity contribution is -0.142. The second kappa shape index (κ2) is 6.67. The molecule has 0 saturated carbocycles. The predicted octanol–water partition coefficient (Wildman–Crippen LogP) is 2.63. The molecular weight excluding hydrogens is 204 g/mol. The molecule has 0 N–H and O–H groups in total. The molecule has 0 aliphatic carbocycles. The molecule has 0 aromatic heterocycles. The lowest BCUT2D eigenvalue weighted by Crippen LogP contribution is -2.10. The Bertz CT molecular complexity index is 355. The Morgan fingerprint density at radius 2 is 1.75 bits per heavy atom. The van der Waals surface area contributed by atoms with Gasteiger partial charge in [0, 0.05) is 0 Å². The van der Waals surface area contributed by atoms with E-state index >= 15 is 0 Å². The van der Waals surface area contributed by atoms with Gasteiger partial charge in [-0.15, -0.1) is 0 Å². The first-order valence-electron chi connectivity index (χ1n) is 5.34. The number of carbonyl (C=O) groups is 1. The summed E-state index contributed by atoms with van der Waals surface area (Å²) in [4.78, 5) is 11.5. The number of carbonyl (C=O) groups excluding carboxylic acids is 1. The van der Waals surface area contributed by atoms with Crippen molar-refractivity contribution in [3.05, 3.63) is 41.7 Å². The third-order valence-electron chi connectivity index (χ3n) is 1.87. The molecule has 0 spiro atoms. The van der Waals surface area contributed by atoms with Crippen LogP contribution in [0.4, 0.5) is 0 Å². The lowest BCUT2D eigenvalue weighted by atomic mass is 10.2. The molecule has 16 heavy (non-hydrogen) atoms. The van der Waals surface area contributed by atoms with Crippen molar-refractivity contribution >= 4 is 12.0 Å². The Morgan fingerprint density at radius 1 is 1.12 bits per heavy atom. The summed E-state index contributed by atoms with van der Waals surface area (Å²) in [6, 6.07) is 9.53. The van der Waals surface area contributed by atoms with Crippen LogP contribution < -0.4 is 0 Å². The van der Waals surface area contributed by atoms with Gasteiger partial charge in [-0.3, -0.25) is 0 Å². The van der Waals surface area contributed by atoms with Gasteiger partial charge in [0.1, 0.15) is 0 Å². The Balaban J connectivity index is 2.84. The molecule has 1 aromatic rings. The van der Waals surface area contributed by atoms with Gasteiger partial charge in [-0.25, -0.2) is 4.79 Å². The van der Waals surface area contributed by atoms with Gasteiger partial charge in [0.15, 0.2) is 0 Å². The molecule has 86 valence electrons. The highest BCUT2D eigenvalue weighted by Gasteiger charge is 2.11. The monoisotopic (exact) mass is 220 g/mol. The van der Waals surface area contributed by atoms with Gasteiger partial charge in [-0.2, -0.15) is 0 Å². The minimum absolute atomic E-state index is 0.246. The maximum Gasteiger partial charge on any atom is 0.373 e. The molecule has 1 rings (SSSR count). The van der Waals surface area contributed by atoms with Gasteiger partial charge in [-0.05, 0) is 25.5 Å². The van der Waals surface area contributed by atoms with E-state index in [4.69, 9.17) is 9.47 Å². The zero-order chi connectivity index (χ0) is 11.8. The Labute approximate surface area is 95.7 Å². The minimum atomic E-state index is -0.423. The standard InChI is InChI=1S/C13H16O3/c1-3-15-12(13(14)16-4-2)10-11-8-6-5-7-9-11/h5-10H,3-4H2,1-2H3/b12-10-. The molecule has 0 radical (unpaired) electrons. The smallest absolute Gasteiger partial charge is 0.373 e.